The van der Waals surface area contributed by atoms with E-state index in [1.165, 1.54) is 0 Å². The molecule has 0 bridgehead atoms. The van der Waals surface area contributed by atoms with Gasteiger partial charge in [-0.05, 0) is 24.6 Å². The molecule has 7 heteroatoms. The van der Waals surface area contributed by atoms with Gasteiger partial charge < -0.3 is 20.3 Å². The average molecular weight is 336 g/mol. The monoisotopic (exact) mass is 335 g/mol. The molecule has 0 radical (unpaired) electrons. The van der Waals surface area contributed by atoms with Crippen LogP contribution in [0.5, 0.6) is 0 Å². The van der Waals surface area contributed by atoms with E-state index >= 15 is 0 Å². The standard InChI is InChI=1S/C16H18ClN3O3/c1-10-13(15(21)20-5-7-23-8-6-20)14(19-16(22)18-10)11-3-2-4-12(17)9-11/h2-4,9,14H,5-8H2,1H3,(H2,18,19,22). The number of hydrogen-bond acceptors (Lipinski definition) is 3. The summed E-state index contributed by atoms with van der Waals surface area (Å²) in [5.74, 6) is -0.0942. The lowest BCUT2D eigenvalue weighted by Gasteiger charge is -2.34. The Morgan fingerprint density at radius 2 is 2.09 bits per heavy atom. The Labute approximate surface area is 139 Å². The predicted molar refractivity (Wildman–Crippen MR) is 86.0 cm³/mol. The van der Waals surface area contributed by atoms with Crippen molar-refractivity contribution >= 4 is 23.5 Å². The number of halogens is 1. The molecule has 1 unspecified atom stereocenters. The first-order valence-electron chi connectivity index (χ1n) is 7.47. The van der Waals surface area contributed by atoms with Gasteiger partial charge in [-0.1, -0.05) is 23.7 Å². The Morgan fingerprint density at radius 1 is 1.35 bits per heavy atom. The van der Waals surface area contributed by atoms with Gasteiger partial charge in [-0.15, -0.1) is 0 Å². The van der Waals surface area contributed by atoms with Crippen molar-refractivity contribution in [1.82, 2.24) is 15.5 Å². The molecule has 1 aromatic rings. The van der Waals surface area contributed by atoms with Crippen LogP contribution in [0.3, 0.4) is 0 Å². The molecule has 1 atom stereocenters. The van der Waals surface area contributed by atoms with E-state index in [1.54, 1.807) is 30.0 Å². The number of amides is 3. The molecule has 2 aliphatic heterocycles. The lowest BCUT2D eigenvalue weighted by atomic mass is 9.94. The second-order valence-electron chi connectivity index (χ2n) is 5.53. The van der Waals surface area contributed by atoms with E-state index in [4.69, 9.17) is 16.3 Å². The molecule has 122 valence electrons. The molecule has 0 aromatic heterocycles. The zero-order chi connectivity index (χ0) is 16.4. The third-order valence-electron chi connectivity index (χ3n) is 3.98. The highest BCUT2D eigenvalue weighted by atomic mass is 35.5. The number of carbonyl (C=O) groups is 2. The van der Waals surface area contributed by atoms with E-state index in [-0.39, 0.29) is 11.9 Å². The molecule has 3 rings (SSSR count). The highest BCUT2D eigenvalue weighted by molar-refractivity contribution is 6.30. The minimum atomic E-state index is -0.516. The number of morpholine rings is 1. The van der Waals surface area contributed by atoms with Crippen molar-refractivity contribution in [2.24, 2.45) is 0 Å². The van der Waals surface area contributed by atoms with Crippen LogP contribution in [-0.4, -0.2) is 43.1 Å². The molecule has 1 aromatic carbocycles. The van der Waals surface area contributed by atoms with E-state index in [9.17, 15) is 9.59 Å². The van der Waals surface area contributed by atoms with Gasteiger partial charge in [0.1, 0.15) is 0 Å². The van der Waals surface area contributed by atoms with E-state index in [0.717, 1.165) is 5.56 Å². The molecule has 2 aliphatic rings. The van der Waals surface area contributed by atoms with Gasteiger partial charge in [-0.3, -0.25) is 4.79 Å². The minimum absolute atomic E-state index is 0.0942. The molecule has 2 N–H and O–H groups in total. The van der Waals surface area contributed by atoms with Gasteiger partial charge in [0.25, 0.3) is 5.91 Å². The van der Waals surface area contributed by atoms with Crippen molar-refractivity contribution in [3.8, 4) is 0 Å². The maximum Gasteiger partial charge on any atom is 0.319 e. The van der Waals surface area contributed by atoms with Crippen LogP contribution in [0.4, 0.5) is 4.79 Å². The first kappa shape index (κ1) is 15.8. The molecule has 6 nitrogen and oxygen atoms in total. The fourth-order valence-corrected chi connectivity index (χ4v) is 3.05. The van der Waals surface area contributed by atoms with Gasteiger partial charge in [0.2, 0.25) is 0 Å². The van der Waals surface area contributed by atoms with Gasteiger partial charge in [0, 0.05) is 23.8 Å². The number of nitrogens with one attached hydrogen (secondary N) is 2. The second-order valence-corrected chi connectivity index (χ2v) is 5.97. The smallest absolute Gasteiger partial charge is 0.319 e. The fourth-order valence-electron chi connectivity index (χ4n) is 2.85. The van der Waals surface area contributed by atoms with Gasteiger partial charge in [0.15, 0.2) is 0 Å². The molecule has 1 fully saturated rings. The Hall–Kier alpha value is -2.05. The molecule has 3 amide bonds. The molecule has 23 heavy (non-hydrogen) atoms. The summed E-state index contributed by atoms with van der Waals surface area (Å²) in [6.07, 6.45) is 0. The lowest BCUT2D eigenvalue weighted by molar-refractivity contribution is -0.131. The molecule has 1 saturated heterocycles. The normalized spacial score (nSPS) is 21.7. The van der Waals surface area contributed by atoms with Crippen LogP contribution >= 0.6 is 11.6 Å². The highest BCUT2D eigenvalue weighted by Gasteiger charge is 2.34. The fraction of sp³-hybridized carbons (Fsp3) is 0.375. The third-order valence-corrected chi connectivity index (χ3v) is 4.21. The number of nitrogens with zero attached hydrogens (tertiary/aromatic N) is 1. The highest BCUT2D eigenvalue weighted by Crippen LogP contribution is 2.29. The number of rotatable bonds is 2. The van der Waals surface area contributed by atoms with Crippen LogP contribution in [0.25, 0.3) is 0 Å². The van der Waals surface area contributed by atoms with Gasteiger partial charge >= 0.3 is 6.03 Å². The van der Waals surface area contributed by atoms with E-state index in [0.29, 0.717) is 42.6 Å². The Kier molecular flexibility index (Phi) is 4.54. The van der Waals surface area contributed by atoms with Crippen molar-refractivity contribution in [1.29, 1.82) is 0 Å². The van der Waals surface area contributed by atoms with Crippen molar-refractivity contribution in [3.05, 3.63) is 46.1 Å². The van der Waals surface area contributed by atoms with Crippen molar-refractivity contribution in [2.45, 2.75) is 13.0 Å². The minimum Gasteiger partial charge on any atom is -0.378 e. The average Bonchev–Trinajstić information content (AvgIpc) is 2.54. The zero-order valence-corrected chi connectivity index (χ0v) is 13.5. The SMILES string of the molecule is CC1=C(C(=O)N2CCOCC2)C(c2cccc(Cl)c2)NC(=O)N1. The first-order chi connectivity index (χ1) is 11.1. The van der Waals surface area contributed by atoms with E-state index in [1.807, 2.05) is 6.07 Å². The summed E-state index contributed by atoms with van der Waals surface area (Å²) >= 11 is 6.06. The number of hydrogen-bond donors (Lipinski definition) is 2. The summed E-state index contributed by atoms with van der Waals surface area (Å²) in [4.78, 5) is 26.5. The maximum atomic E-state index is 12.9. The summed E-state index contributed by atoms with van der Waals surface area (Å²) in [5, 5.41) is 6.06. The number of allylic oxidation sites excluding steroid dienone is 1. The summed E-state index contributed by atoms with van der Waals surface area (Å²) in [6.45, 7) is 3.89. The van der Waals surface area contributed by atoms with Gasteiger partial charge in [-0.25, -0.2) is 4.79 Å². The largest absolute Gasteiger partial charge is 0.378 e. The molecule has 2 heterocycles. The van der Waals surface area contributed by atoms with E-state index in [2.05, 4.69) is 10.6 Å². The zero-order valence-electron chi connectivity index (χ0n) is 12.8. The number of urea groups is 1. The maximum absolute atomic E-state index is 12.9. The van der Waals surface area contributed by atoms with Crippen LogP contribution < -0.4 is 10.6 Å². The van der Waals surface area contributed by atoms with Crippen LogP contribution in [0.2, 0.25) is 5.02 Å². The van der Waals surface area contributed by atoms with Gasteiger partial charge in [0.05, 0.1) is 24.8 Å². The van der Waals surface area contributed by atoms with E-state index < -0.39 is 6.04 Å². The first-order valence-corrected chi connectivity index (χ1v) is 7.85. The number of benzene rings is 1. The summed E-state index contributed by atoms with van der Waals surface area (Å²) < 4.78 is 5.30. The van der Waals surface area contributed by atoms with Crippen LogP contribution in [0, 0.1) is 0 Å². The van der Waals surface area contributed by atoms with Gasteiger partial charge in [-0.2, -0.15) is 0 Å². The predicted octanol–water partition coefficient (Wildman–Crippen LogP) is 1.83. The molecule has 0 saturated carbocycles. The summed E-state index contributed by atoms with van der Waals surface area (Å²) in [6, 6.07) is 6.33. The Morgan fingerprint density at radius 3 is 2.78 bits per heavy atom. The van der Waals surface area contributed by atoms with Crippen molar-refractivity contribution in [3.63, 3.8) is 0 Å². The Bertz CT molecular complexity index is 668. The summed E-state index contributed by atoms with van der Waals surface area (Å²) in [7, 11) is 0. The molecular weight excluding hydrogens is 318 g/mol. The number of ether oxygens (including phenoxy) is 1. The number of carbonyl (C=O) groups excluding carboxylic acids is 2. The van der Waals surface area contributed by atoms with Crippen molar-refractivity contribution < 1.29 is 14.3 Å². The molecular formula is C16H18ClN3O3. The molecule has 0 aliphatic carbocycles. The van der Waals surface area contributed by atoms with Crippen LogP contribution in [0.1, 0.15) is 18.5 Å². The van der Waals surface area contributed by atoms with Crippen LogP contribution in [-0.2, 0) is 9.53 Å². The second kappa shape index (κ2) is 6.60. The topological polar surface area (TPSA) is 70.7 Å². The third kappa shape index (κ3) is 3.33. The molecule has 0 spiro atoms. The quantitative estimate of drug-likeness (QED) is 0.866. The van der Waals surface area contributed by atoms with Crippen molar-refractivity contribution in [2.75, 3.05) is 26.3 Å². The Balaban J connectivity index is 1.97. The lowest BCUT2D eigenvalue weighted by Crippen LogP contribution is -2.49. The van der Waals surface area contributed by atoms with Crippen LogP contribution in [0.15, 0.2) is 35.5 Å². The summed E-state index contributed by atoms with van der Waals surface area (Å²) in [5.41, 5.74) is 1.88.